The average molecular weight is 217 g/mol. The highest BCUT2D eigenvalue weighted by Gasteiger charge is 2.28. The van der Waals surface area contributed by atoms with Crippen LogP contribution < -0.4 is 4.90 Å². The highest BCUT2D eigenvalue weighted by molar-refractivity contribution is 5.84. The van der Waals surface area contributed by atoms with Gasteiger partial charge in [0.25, 0.3) is 0 Å². The van der Waals surface area contributed by atoms with Crippen LogP contribution in [0.1, 0.15) is 43.5 Å². The zero-order chi connectivity index (χ0) is 11.5. The Morgan fingerprint density at radius 2 is 2.00 bits per heavy atom. The Balaban J connectivity index is 2.33. The van der Waals surface area contributed by atoms with E-state index < -0.39 is 0 Å². The van der Waals surface area contributed by atoms with E-state index in [1.165, 1.54) is 19.3 Å². The molecule has 0 radical (unpaired) electrons. The van der Waals surface area contributed by atoms with Gasteiger partial charge in [-0.15, -0.1) is 0 Å². The van der Waals surface area contributed by atoms with Crippen molar-refractivity contribution in [2.75, 3.05) is 4.90 Å². The summed E-state index contributed by atoms with van der Waals surface area (Å²) in [5, 5.41) is 0. The molecule has 1 aliphatic carbocycles. The van der Waals surface area contributed by atoms with E-state index in [0.717, 1.165) is 17.5 Å². The molecule has 2 heteroatoms. The van der Waals surface area contributed by atoms with E-state index in [1.807, 2.05) is 18.2 Å². The molecule has 2 nitrogen and oxygen atoms in total. The molecular formula is C14H19NO. The number of aldehydes is 1. The number of carbonyl (C=O) groups is 1. The molecule has 0 unspecified atom stereocenters. The predicted molar refractivity (Wildman–Crippen MR) is 67.1 cm³/mol. The standard InChI is InChI=1S/C14H19NO/c1-11(2)15(13-7-5-8-13)14-9-4-3-6-12(14)10-16/h3-4,6,9-11,13H,5,7-8H2,1-2H3. The summed E-state index contributed by atoms with van der Waals surface area (Å²) in [6.07, 6.45) is 4.79. The lowest BCUT2D eigenvalue weighted by Crippen LogP contribution is -2.45. The lowest BCUT2D eigenvalue weighted by molar-refractivity contribution is 0.112. The number of hydrogen-bond donors (Lipinski definition) is 0. The summed E-state index contributed by atoms with van der Waals surface area (Å²) in [6.45, 7) is 4.39. The number of nitrogens with zero attached hydrogens (tertiary/aromatic N) is 1. The van der Waals surface area contributed by atoms with Crippen molar-refractivity contribution in [3.05, 3.63) is 29.8 Å². The van der Waals surface area contributed by atoms with E-state index in [1.54, 1.807) is 0 Å². The van der Waals surface area contributed by atoms with E-state index >= 15 is 0 Å². The Kier molecular flexibility index (Phi) is 3.28. The van der Waals surface area contributed by atoms with Crippen LogP contribution in [0.4, 0.5) is 5.69 Å². The molecule has 16 heavy (non-hydrogen) atoms. The molecule has 1 fully saturated rings. The van der Waals surface area contributed by atoms with Crippen LogP contribution in [0.3, 0.4) is 0 Å². The molecule has 1 aromatic rings. The molecule has 0 aromatic heterocycles. The molecule has 0 heterocycles. The number of rotatable bonds is 4. The van der Waals surface area contributed by atoms with Gasteiger partial charge in [-0.05, 0) is 45.2 Å². The van der Waals surface area contributed by atoms with Crippen molar-refractivity contribution in [2.24, 2.45) is 0 Å². The summed E-state index contributed by atoms with van der Waals surface area (Å²) in [7, 11) is 0. The molecule has 0 amide bonds. The number of benzene rings is 1. The molecule has 1 aliphatic rings. The molecule has 1 saturated carbocycles. The fourth-order valence-corrected chi connectivity index (χ4v) is 2.38. The molecule has 0 bridgehead atoms. The average Bonchev–Trinajstić information content (AvgIpc) is 2.22. The zero-order valence-corrected chi connectivity index (χ0v) is 10.0. The van der Waals surface area contributed by atoms with Crippen LogP contribution in [0.5, 0.6) is 0 Å². The Labute approximate surface area is 97.3 Å². The molecular weight excluding hydrogens is 198 g/mol. The fourth-order valence-electron chi connectivity index (χ4n) is 2.38. The second-order valence-corrected chi connectivity index (χ2v) is 4.76. The van der Waals surface area contributed by atoms with Crippen molar-refractivity contribution in [1.29, 1.82) is 0 Å². The Morgan fingerprint density at radius 3 is 2.50 bits per heavy atom. The molecule has 0 atom stereocenters. The Hall–Kier alpha value is -1.31. The van der Waals surface area contributed by atoms with Crippen molar-refractivity contribution in [3.63, 3.8) is 0 Å². The predicted octanol–water partition coefficient (Wildman–Crippen LogP) is 3.27. The van der Waals surface area contributed by atoms with E-state index in [9.17, 15) is 4.79 Å². The summed E-state index contributed by atoms with van der Waals surface area (Å²) in [4.78, 5) is 13.5. The first-order valence-electron chi connectivity index (χ1n) is 6.06. The first-order valence-corrected chi connectivity index (χ1v) is 6.06. The third-order valence-corrected chi connectivity index (χ3v) is 3.37. The minimum atomic E-state index is 0.450. The first kappa shape index (κ1) is 11.2. The van der Waals surface area contributed by atoms with Gasteiger partial charge in [-0.3, -0.25) is 4.79 Å². The molecule has 1 aromatic carbocycles. The second-order valence-electron chi connectivity index (χ2n) is 4.76. The third-order valence-electron chi connectivity index (χ3n) is 3.37. The second kappa shape index (κ2) is 4.69. The Morgan fingerprint density at radius 1 is 1.31 bits per heavy atom. The Bertz CT molecular complexity index is 369. The smallest absolute Gasteiger partial charge is 0.152 e. The van der Waals surface area contributed by atoms with E-state index in [4.69, 9.17) is 0 Å². The normalized spacial score (nSPS) is 15.9. The molecule has 0 aliphatic heterocycles. The maximum absolute atomic E-state index is 11.1. The van der Waals surface area contributed by atoms with Crippen molar-refractivity contribution >= 4 is 12.0 Å². The van der Waals surface area contributed by atoms with Gasteiger partial charge in [0.05, 0.1) is 0 Å². The molecule has 0 saturated heterocycles. The highest BCUT2D eigenvalue weighted by Crippen LogP contribution is 2.32. The summed E-state index contributed by atoms with van der Waals surface area (Å²) in [5.41, 5.74) is 1.90. The van der Waals surface area contributed by atoms with Gasteiger partial charge < -0.3 is 4.90 Å². The SMILES string of the molecule is CC(C)N(c1ccccc1C=O)C1CCC1. The first-order chi connectivity index (χ1) is 7.74. The summed E-state index contributed by atoms with van der Waals surface area (Å²) in [6, 6.07) is 8.97. The monoisotopic (exact) mass is 217 g/mol. The minimum absolute atomic E-state index is 0.450. The van der Waals surface area contributed by atoms with Gasteiger partial charge >= 0.3 is 0 Å². The number of anilines is 1. The van der Waals surface area contributed by atoms with Crippen LogP contribution in [-0.4, -0.2) is 18.4 Å². The maximum atomic E-state index is 11.1. The van der Waals surface area contributed by atoms with Gasteiger partial charge in [-0.2, -0.15) is 0 Å². The number of para-hydroxylation sites is 1. The van der Waals surface area contributed by atoms with E-state index in [-0.39, 0.29) is 0 Å². The molecule has 0 N–H and O–H groups in total. The minimum Gasteiger partial charge on any atom is -0.366 e. The van der Waals surface area contributed by atoms with Crippen molar-refractivity contribution in [3.8, 4) is 0 Å². The van der Waals surface area contributed by atoms with E-state index in [0.29, 0.717) is 12.1 Å². The summed E-state index contributed by atoms with van der Waals surface area (Å²) >= 11 is 0. The van der Waals surface area contributed by atoms with Crippen molar-refractivity contribution in [1.82, 2.24) is 0 Å². The molecule has 86 valence electrons. The van der Waals surface area contributed by atoms with Gasteiger partial charge in [-0.1, -0.05) is 12.1 Å². The van der Waals surface area contributed by atoms with Gasteiger partial charge in [0.2, 0.25) is 0 Å². The van der Waals surface area contributed by atoms with Crippen LogP contribution in [0.25, 0.3) is 0 Å². The van der Waals surface area contributed by atoms with Crippen LogP contribution in [0.15, 0.2) is 24.3 Å². The van der Waals surface area contributed by atoms with Gasteiger partial charge in [0, 0.05) is 23.3 Å². The highest BCUT2D eigenvalue weighted by atomic mass is 16.1. The number of hydrogen-bond acceptors (Lipinski definition) is 2. The topological polar surface area (TPSA) is 20.3 Å². The largest absolute Gasteiger partial charge is 0.366 e. The van der Waals surface area contributed by atoms with Gasteiger partial charge in [0.1, 0.15) is 0 Å². The van der Waals surface area contributed by atoms with E-state index in [2.05, 4.69) is 24.8 Å². The quantitative estimate of drug-likeness (QED) is 0.721. The van der Waals surface area contributed by atoms with Gasteiger partial charge in [0.15, 0.2) is 6.29 Å². The van der Waals surface area contributed by atoms with Crippen LogP contribution in [-0.2, 0) is 0 Å². The fraction of sp³-hybridized carbons (Fsp3) is 0.500. The van der Waals surface area contributed by atoms with Crippen LogP contribution >= 0.6 is 0 Å². The summed E-state index contributed by atoms with van der Waals surface area (Å²) in [5.74, 6) is 0. The lowest BCUT2D eigenvalue weighted by Gasteiger charge is -2.42. The lowest BCUT2D eigenvalue weighted by atomic mass is 9.89. The maximum Gasteiger partial charge on any atom is 0.152 e. The van der Waals surface area contributed by atoms with Crippen molar-refractivity contribution < 1.29 is 4.79 Å². The van der Waals surface area contributed by atoms with Crippen LogP contribution in [0.2, 0.25) is 0 Å². The summed E-state index contributed by atoms with van der Waals surface area (Å²) < 4.78 is 0. The number of carbonyl (C=O) groups excluding carboxylic acids is 1. The zero-order valence-electron chi connectivity index (χ0n) is 10.0. The molecule has 0 spiro atoms. The van der Waals surface area contributed by atoms with Crippen LogP contribution in [0, 0.1) is 0 Å². The van der Waals surface area contributed by atoms with Crippen molar-refractivity contribution in [2.45, 2.75) is 45.2 Å². The molecule has 2 rings (SSSR count). The van der Waals surface area contributed by atoms with Gasteiger partial charge in [-0.25, -0.2) is 0 Å². The third kappa shape index (κ3) is 1.97.